The molecule has 5 nitrogen and oxygen atoms in total. The van der Waals surface area contributed by atoms with Gasteiger partial charge in [0.2, 0.25) is 0 Å². The zero-order valence-electron chi connectivity index (χ0n) is 11.1. The molecule has 1 aromatic heterocycles. The summed E-state index contributed by atoms with van der Waals surface area (Å²) >= 11 is 11.8. The number of carbonyl (C=O) groups is 1. The number of pyridine rings is 1. The molecule has 1 aromatic carbocycles. The molecule has 2 rings (SSSR count). The van der Waals surface area contributed by atoms with Gasteiger partial charge in [-0.1, -0.05) is 29.3 Å². The van der Waals surface area contributed by atoms with Crippen molar-refractivity contribution in [1.29, 1.82) is 0 Å². The Balaban J connectivity index is 1.99. The van der Waals surface area contributed by atoms with Crippen LogP contribution in [0.3, 0.4) is 0 Å². The summed E-state index contributed by atoms with van der Waals surface area (Å²) in [5.74, 6) is 0. The Bertz CT molecular complexity index is 674. The molecule has 21 heavy (non-hydrogen) atoms. The van der Waals surface area contributed by atoms with E-state index in [0.717, 1.165) is 5.56 Å². The molecule has 0 spiro atoms. The van der Waals surface area contributed by atoms with Gasteiger partial charge in [-0.15, -0.1) is 0 Å². The zero-order chi connectivity index (χ0) is 15.2. The van der Waals surface area contributed by atoms with E-state index in [4.69, 9.17) is 23.2 Å². The fourth-order valence-corrected chi connectivity index (χ4v) is 1.81. The fraction of sp³-hybridized carbons (Fsp3) is 0.0714. The van der Waals surface area contributed by atoms with Crippen LogP contribution in [0, 0.1) is 0 Å². The average Bonchev–Trinajstić information content (AvgIpc) is 2.48. The molecular weight excluding hydrogens is 311 g/mol. The first-order valence-corrected chi connectivity index (χ1v) is 6.78. The van der Waals surface area contributed by atoms with Gasteiger partial charge in [0.15, 0.2) is 0 Å². The number of urea groups is 1. The highest BCUT2D eigenvalue weighted by molar-refractivity contribution is 6.42. The molecule has 1 heterocycles. The van der Waals surface area contributed by atoms with Gasteiger partial charge >= 0.3 is 6.03 Å². The van der Waals surface area contributed by atoms with Gasteiger partial charge in [0.25, 0.3) is 0 Å². The highest BCUT2D eigenvalue weighted by Crippen LogP contribution is 2.22. The van der Waals surface area contributed by atoms with Crippen LogP contribution in [0.5, 0.6) is 0 Å². The number of halogens is 2. The first-order valence-electron chi connectivity index (χ1n) is 6.03. The Labute approximate surface area is 132 Å². The van der Waals surface area contributed by atoms with Crippen molar-refractivity contribution < 1.29 is 4.79 Å². The number of hydrogen-bond donors (Lipinski definition) is 2. The first kappa shape index (κ1) is 15.3. The van der Waals surface area contributed by atoms with Crippen LogP contribution in [0.4, 0.5) is 10.5 Å². The Morgan fingerprint density at radius 1 is 1.14 bits per heavy atom. The zero-order valence-corrected chi connectivity index (χ0v) is 12.6. The molecule has 0 aliphatic carbocycles. The highest BCUT2D eigenvalue weighted by atomic mass is 35.5. The molecular formula is C14H12Cl2N4O. The third-order valence-corrected chi connectivity index (χ3v) is 3.34. The minimum Gasteiger partial charge on any atom is -0.306 e. The van der Waals surface area contributed by atoms with Crippen molar-refractivity contribution in [2.75, 3.05) is 5.32 Å². The van der Waals surface area contributed by atoms with Crippen molar-refractivity contribution in [3.05, 3.63) is 58.3 Å². The molecule has 0 unspecified atom stereocenters. The molecule has 7 heteroatoms. The maximum absolute atomic E-state index is 11.7. The highest BCUT2D eigenvalue weighted by Gasteiger charge is 2.04. The van der Waals surface area contributed by atoms with Gasteiger partial charge in [-0.05, 0) is 36.8 Å². The molecule has 108 valence electrons. The van der Waals surface area contributed by atoms with Crippen LogP contribution < -0.4 is 10.7 Å². The summed E-state index contributed by atoms with van der Waals surface area (Å²) in [7, 11) is 0. The maximum Gasteiger partial charge on any atom is 0.339 e. The van der Waals surface area contributed by atoms with Crippen LogP contribution in [0.2, 0.25) is 10.0 Å². The van der Waals surface area contributed by atoms with Crippen LogP contribution >= 0.6 is 23.2 Å². The molecule has 2 amide bonds. The summed E-state index contributed by atoms with van der Waals surface area (Å²) in [5, 5.41) is 7.53. The lowest BCUT2D eigenvalue weighted by Gasteiger charge is -2.05. The molecule has 0 atom stereocenters. The van der Waals surface area contributed by atoms with Crippen LogP contribution in [0.1, 0.15) is 12.5 Å². The van der Waals surface area contributed by atoms with E-state index in [0.29, 0.717) is 21.4 Å². The van der Waals surface area contributed by atoms with Crippen molar-refractivity contribution in [2.45, 2.75) is 6.92 Å². The SMILES string of the molecule is C/C(=N\NC(=O)Nc1ccncc1)c1ccc(Cl)c(Cl)c1. The molecule has 0 aliphatic heterocycles. The van der Waals surface area contributed by atoms with Crippen LogP contribution in [0.15, 0.2) is 47.8 Å². The Morgan fingerprint density at radius 2 is 1.86 bits per heavy atom. The Hall–Kier alpha value is -2.11. The second-order valence-electron chi connectivity index (χ2n) is 4.13. The van der Waals surface area contributed by atoms with Gasteiger partial charge in [0, 0.05) is 18.1 Å². The van der Waals surface area contributed by atoms with Gasteiger partial charge < -0.3 is 5.32 Å². The number of amides is 2. The van der Waals surface area contributed by atoms with E-state index in [-0.39, 0.29) is 0 Å². The van der Waals surface area contributed by atoms with Gasteiger partial charge in [-0.2, -0.15) is 5.10 Å². The molecule has 0 fully saturated rings. The van der Waals surface area contributed by atoms with Gasteiger partial charge in [-0.25, -0.2) is 10.2 Å². The third-order valence-electron chi connectivity index (χ3n) is 2.60. The number of hydrogen-bond acceptors (Lipinski definition) is 3. The second-order valence-corrected chi connectivity index (χ2v) is 4.94. The molecule has 0 saturated heterocycles. The lowest BCUT2D eigenvalue weighted by Crippen LogP contribution is -2.25. The molecule has 0 bridgehead atoms. The van der Waals surface area contributed by atoms with Crippen molar-refractivity contribution >= 4 is 40.6 Å². The lowest BCUT2D eigenvalue weighted by atomic mass is 10.1. The van der Waals surface area contributed by atoms with E-state index in [1.807, 2.05) is 0 Å². The standard InChI is InChI=1S/C14H12Cl2N4O/c1-9(10-2-3-12(15)13(16)8-10)19-20-14(21)18-11-4-6-17-7-5-11/h2-8H,1H3,(H2,17,18,20,21)/b19-9+. The normalized spacial score (nSPS) is 11.1. The van der Waals surface area contributed by atoms with E-state index in [1.165, 1.54) is 0 Å². The molecule has 0 saturated carbocycles. The fourth-order valence-electron chi connectivity index (χ4n) is 1.51. The van der Waals surface area contributed by atoms with E-state index in [9.17, 15) is 4.79 Å². The van der Waals surface area contributed by atoms with Crippen molar-refractivity contribution in [3.63, 3.8) is 0 Å². The quantitative estimate of drug-likeness (QED) is 0.664. The summed E-state index contributed by atoms with van der Waals surface area (Å²) in [6, 6.07) is 8.04. The number of nitrogens with zero attached hydrogens (tertiary/aromatic N) is 2. The number of rotatable bonds is 3. The van der Waals surface area contributed by atoms with Crippen molar-refractivity contribution in [1.82, 2.24) is 10.4 Å². The lowest BCUT2D eigenvalue weighted by molar-refractivity contribution is 0.252. The van der Waals surface area contributed by atoms with Crippen LogP contribution in [-0.4, -0.2) is 16.7 Å². The number of hydrazone groups is 1. The average molecular weight is 323 g/mol. The number of aromatic nitrogens is 1. The molecule has 2 aromatic rings. The first-order chi connectivity index (χ1) is 10.1. The molecule has 0 radical (unpaired) electrons. The predicted molar refractivity (Wildman–Crippen MR) is 85.1 cm³/mol. The maximum atomic E-state index is 11.7. The Morgan fingerprint density at radius 3 is 2.52 bits per heavy atom. The van der Waals surface area contributed by atoms with E-state index < -0.39 is 6.03 Å². The topological polar surface area (TPSA) is 66.4 Å². The van der Waals surface area contributed by atoms with Crippen LogP contribution in [0.25, 0.3) is 0 Å². The van der Waals surface area contributed by atoms with E-state index in [2.05, 4.69) is 20.8 Å². The van der Waals surface area contributed by atoms with Gasteiger partial charge in [0.1, 0.15) is 0 Å². The van der Waals surface area contributed by atoms with Crippen molar-refractivity contribution in [3.8, 4) is 0 Å². The summed E-state index contributed by atoms with van der Waals surface area (Å²) in [6.07, 6.45) is 3.17. The minimum atomic E-state index is -0.444. The predicted octanol–water partition coefficient (Wildman–Crippen LogP) is 3.93. The smallest absolute Gasteiger partial charge is 0.306 e. The number of benzene rings is 1. The van der Waals surface area contributed by atoms with Crippen LogP contribution in [-0.2, 0) is 0 Å². The Kier molecular flexibility index (Phi) is 5.14. The van der Waals surface area contributed by atoms with Gasteiger partial charge in [-0.3, -0.25) is 4.98 Å². The number of carbonyl (C=O) groups excluding carboxylic acids is 1. The monoisotopic (exact) mass is 322 g/mol. The summed E-state index contributed by atoms with van der Waals surface area (Å²) < 4.78 is 0. The number of nitrogens with one attached hydrogen (secondary N) is 2. The molecule has 0 aliphatic rings. The summed E-state index contributed by atoms with van der Waals surface area (Å²) in [5.41, 5.74) is 4.42. The van der Waals surface area contributed by atoms with E-state index >= 15 is 0 Å². The minimum absolute atomic E-state index is 0.435. The van der Waals surface area contributed by atoms with Crippen molar-refractivity contribution in [2.24, 2.45) is 5.10 Å². The largest absolute Gasteiger partial charge is 0.339 e. The summed E-state index contributed by atoms with van der Waals surface area (Å²) in [6.45, 7) is 1.76. The van der Waals surface area contributed by atoms with Gasteiger partial charge in [0.05, 0.1) is 15.8 Å². The molecule has 2 N–H and O–H groups in total. The summed E-state index contributed by atoms with van der Waals surface area (Å²) in [4.78, 5) is 15.5. The third kappa shape index (κ3) is 4.44. The number of anilines is 1. The second kappa shape index (κ2) is 7.06. The van der Waals surface area contributed by atoms with E-state index in [1.54, 1.807) is 49.6 Å².